The Balaban J connectivity index is 1.50. The zero-order valence-corrected chi connectivity index (χ0v) is 14.3. The van der Waals surface area contributed by atoms with E-state index in [1.54, 1.807) is 24.3 Å². The molecule has 3 nitrogen and oxygen atoms in total. The van der Waals surface area contributed by atoms with Gasteiger partial charge in [-0.3, -0.25) is 0 Å². The molecule has 0 bridgehead atoms. The molecule has 0 heterocycles. The number of carbonyl (C=O) groups excluding carboxylic acids is 1. The smallest absolute Gasteiger partial charge is 0.423 e. The zero-order chi connectivity index (χ0) is 18.2. The van der Waals surface area contributed by atoms with E-state index in [4.69, 9.17) is 9.47 Å². The summed E-state index contributed by atoms with van der Waals surface area (Å²) in [5.74, 6) is -0.647. The molecule has 2 fully saturated rings. The molecule has 0 radical (unpaired) electrons. The van der Waals surface area contributed by atoms with Crippen molar-refractivity contribution in [1.29, 1.82) is 0 Å². The molecule has 0 N–H and O–H groups in total. The van der Waals surface area contributed by atoms with Crippen molar-refractivity contribution >= 4 is 6.16 Å². The molecule has 2 aromatic rings. The third-order valence-electron chi connectivity index (χ3n) is 5.62. The lowest BCUT2D eigenvalue weighted by Crippen LogP contribution is -2.44. The quantitative estimate of drug-likeness (QED) is 0.670. The first kappa shape index (κ1) is 17.0. The van der Waals surface area contributed by atoms with Crippen LogP contribution >= 0.6 is 0 Å². The normalized spacial score (nSPS) is 19.8. The Morgan fingerprint density at radius 3 is 1.31 bits per heavy atom. The maximum Gasteiger partial charge on any atom is 0.510 e. The summed E-state index contributed by atoms with van der Waals surface area (Å²) in [7, 11) is 0. The number of hydrogen-bond donors (Lipinski definition) is 0. The molecule has 136 valence electrons. The second-order valence-electron chi connectivity index (χ2n) is 7.16. The maximum absolute atomic E-state index is 13.2. The minimum absolute atomic E-state index is 0.324. The molecule has 4 rings (SSSR count). The first-order valence-electron chi connectivity index (χ1n) is 8.96. The van der Waals surface area contributed by atoms with Gasteiger partial charge in [0, 0.05) is 0 Å². The van der Waals surface area contributed by atoms with Crippen molar-refractivity contribution in [3.8, 4) is 0 Å². The van der Waals surface area contributed by atoms with E-state index in [1.165, 1.54) is 24.3 Å². The van der Waals surface area contributed by atoms with Gasteiger partial charge >= 0.3 is 6.16 Å². The van der Waals surface area contributed by atoms with Crippen LogP contribution in [0.2, 0.25) is 0 Å². The lowest BCUT2D eigenvalue weighted by Gasteiger charge is -2.44. The summed E-state index contributed by atoms with van der Waals surface area (Å²) in [4.78, 5) is 12.5. The highest BCUT2D eigenvalue weighted by atomic mass is 19.1. The fourth-order valence-corrected chi connectivity index (χ4v) is 3.74. The van der Waals surface area contributed by atoms with Crippen LogP contribution in [0.1, 0.15) is 49.7 Å². The van der Waals surface area contributed by atoms with Crippen LogP contribution in [0.25, 0.3) is 0 Å². The van der Waals surface area contributed by atoms with Gasteiger partial charge in [-0.2, -0.15) is 0 Å². The highest BCUT2D eigenvalue weighted by Crippen LogP contribution is 2.48. The Bertz CT molecular complexity index is 724. The molecular weight excluding hydrogens is 338 g/mol. The average molecular weight is 358 g/mol. The molecular formula is C21H20F2O3. The van der Waals surface area contributed by atoms with Gasteiger partial charge in [0.05, 0.1) is 0 Å². The monoisotopic (exact) mass is 358 g/mol. The Hall–Kier alpha value is -2.43. The Morgan fingerprint density at radius 1 is 0.692 bits per heavy atom. The van der Waals surface area contributed by atoms with Gasteiger partial charge in [0.2, 0.25) is 0 Å². The molecule has 0 amide bonds. The third-order valence-corrected chi connectivity index (χ3v) is 5.62. The van der Waals surface area contributed by atoms with Crippen molar-refractivity contribution in [2.45, 2.75) is 49.7 Å². The number of carbonyl (C=O) groups is 1. The van der Waals surface area contributed by atoms with Gasteiger partial charge in [-0.1, -0.05) is 24.3 Å². The van der Waals surface area contributed by atoms with E-state index in [0.717, 1.165) is 24.0 Å². The van der Waals surface area contributed by atoms with Gasteiger partial charge in [-0.15, -0.1) is 0 Å². The summed E-state index contributed by atoms with van der Waals surface area (Å²) in [5.41, 5.74) is 0.0925. The molecule has 2 aromatic carbocycles. The van der Waals surface area contributed by atoms with Crippen molar-refractivity contribution in [3.63, 3.8) is 0 Å². The fraction of sp³-hybridized carbons (Fsp3) is 0.381. The third kappa shape index (κ3) is 2.96. The van der Waals surface area contributed by atoms with E-state index in [1.807, 2.05) is 0 Å². The zero-order valence-electron chi connectivity index (χ0n) is 14.3. The summed E-state index contributed by atoms with van der Waals surface area (Å²) in [6.07, 6.45) is 3.92. The number of ether oxygens (including phenoxy) is 2. The number of hydrogen-bond acceptors (Lipinski definition) is 3. The predicted octanol–water partition coefficient (Wildman–Crippen LogP) is 5.58. The van der Waals surface area contributed by atoms with Gasteiger partial charge in [-0.25, -0.2) is 13.6 Å². The summed E-state index contributed by atoms with van der Waals surface area (Å²) in [6, 6.07) is 12.1. The molecule has 5 heteroatoms. The molecule has 0 aliphatic heterocycles. The second-order valence-corrected chi connectivity index (χ2v) is 7.16. The van der Waals surface area contributed by atoms with Crippen molar-refractivity contribution in [1.82, 2.24) is 0 Å². The molecule has 0 spiro atoms. The molecule has 0 saturated heterocycles. The first-order valence-corrected chi connectivity index (χ1v) is 8.96. The van der Waals surface area contributed by atoms with Gasteiger partial charge in [0.1, 0.15) is 22.8 Å². The van der Waals surface area contributed by atoms with Crippen molar-refractivity contribution < 1.29 is 23.0 Å². The largest absolute Gasteiger partial charge is 0.510 e. The molecule has 2 aliphatic rings. The maximum atomic E-state index is 13.2. The average Bonchev–Trinajstić information content (AvgIpc) is 2.56. The van der Waals surface area contributed by atoms with Crippen LogP contribution in [-0.2, 0) is 20.7 Å². The lowest BCUT2D eigenvalue weighted by atomic mass is 9.74. The summed E-state index contributed by atoms with van der Waals surface area (Å²) in [6.45, 7) is 0. The van der Waals surface area contributed by atoms with Gasteiger partial charge in [0.15, 0.2) is 0 Å². The van der Waals surface area contributed by atoms with Crippen molar-refractivity contribution in [3.05, 3.63) is 71.3 Å². The van der Waals surface area contributed by atoms with Gasteiger partial charge < -0.3 is 9.47 Å². The summed E-state index contributed by atoms with van der Waals surface area (Å²) < 4.78 is 37.8. The van der Waals surface area contributed by atoms with Gasteiger partial charge in [0.25, 0.3) is 0 Å². The van der Waals surface area contributed by atoms with Crippen LogP contribution in [0.4, 0.5) is 13.6 Å². The standard InChI is InChI=1S/C21H20F2O3/c22-17-7-3-15(4-8-17)20(11-1-12-20)25-19(24)26-21(13-2-14-21)16-5-9-18(23)10-6-16/h3-10H,1-2,11-14H2. The Kier molecular flexibility index (Phi) is 4.17. The number of rotatable bonds is 4. The van der Waals surface area contributed by atoms with Crippen LogP contribution in [-0.4, -0.2) is 6.16 Å². The van der Waals surface area contributed by atoms with E-state index >= 15 is 0 Å². The van der Waals surface area contributed by atoms with Crippen LogP contribution in [0.5, 0.6) is 0 Å². The molecule has 2 saturated carbocycles. The van der Waals surface area contributed by atoms with E-state index in [-0.39, 0.29) is 11.6 Å². The highest BCUT2D eigenvalue weighted by Gasteiger charge is 2.47. The van der Waals surface area contributed by atoms with E-state index in [9.17, 15) is 13.6 Å². The van der Waals surface area contributed by atoms with Crippen LogP contribution < -0.4 is 0 Å². The summed E-state index contributed by atoms with van der Waals surface area (Å²) >= 11 is 0. The van der Waals surface area contributed by atoms with Crippen LogP contribution in [0, 0.1) is 11.6 Å². The van der Waals surface area contributed by atoms with Crippen molar-refractivity contribution in [2.24, 2.45) is 0 Å². The predicted molar refractivity (Wildman–Crippen MR) is 91.4 cm³/mol. The van der Waals surface area contributed by atoms with E-state index < -0.39 is 17.4 Å². The fourth-order valence-electron chi connectivity index (χ4n) is 3.74. The lowest BCUT2D eigenvalue weighted by molar-refractivity contribution is -0.135. The minimum Gasteiger partial charge on any atom is -0.423 e. The number of halogens is 2. The van der Waals surface area contributed by atoms with E-state index in [0.29, 0.717) is 25.7 Å². The number of benzene rings is 2. The Morgan fingerprint density at radius 2 is 1.04 bits per heavy atom. The van der Waals surface area contributed by atoms with Crippen LogP contribution in [0.3, 0.4) is 0 Å². The van der Waals surface area contributed by atoms with Crippen molar-refractivity contribution in [2.75, 3.05) is 0 Å². The van der Waals surface area contributed by atoms with Gasteiger partial charge in [-0.05, 0) is 73.9 Å². The molecule has 2 aliphatic carbocycles. The Labute approximate surface area is 150 Å². The minimum atomic E-state index is -0.738. The summed E-state index contributed by atoms with van der Waals surface area (Å²) in [5, 5.41) is 0. The SMILES string of the molecule is O=C(OC1(c2ccc(F)cc2)CCC1)OC1(c2ccc(F)cc2)CCC1. The molecule has 0 atom stereocenters. The van der Waals surface area contributed by atoms with Crippen LogP contribution in [0.15, 0.2) is 48.5 Å². The highest BCUT2D eigenvalue weighted by molar-refractivity contribution is 5.62. The molecule has 26 heavy (non-hydrogen) atoms. The second kappa shape index (κ2) is 6.38. The molecule has 0 unspecified atom stereocenters. The topological polar surface area (TPSA) is 35.5 Å². The van der Waals surface area contributed by atoms with E-state index in [2.05, 4.69) is 0 Å². The molecule has 0 aromatic heterocycles. The first-order chi connectivity index (χ1) is 12.5.